The molecular weight excluding hydrogens is 270 g/mol. The molecule has 0 saturated heterocycles. The van der Waals surface area contributed by atoms with Gasteiger partial charge in [-0.15, -0.1) is 0 Å². The second-order valence-electron chi connectivity index (χ2n) is 5.36. The average molecular weight is 292 g/mol. The number of carbonyl (C=O) groups is 1. The summed E-state index contributed by atoms with van der Waals surface area (Å²) in [7, 11) is 0. The van der Waals surface area contributed by atoms with Crippen molar-refractivity contribution in [3.05, 3.63) is 35.9 Å². The zero-order valence-corrected chi connectivity index (χ0v) is 12.4. The molecule has 2 unspecified atom stereocenters. The lowest BCUT2D eigenvalue weighted by molar-refractivity contribution is 0.0975. The van der Waals surface area contributed by atoms with Crippen molar-refractivity contribution in [3.63, 3.8) is 0 Å². The molecule has 1 amide bonds. The maximum absolute atomic E-state index is 11.8. The summed E-state index contributed by atoms with van der Waals surface area (Å²) in [4.78, 5) is 22.1. The third-order valence-corrected chi connectivity index (χ3v) is 3.00. The van der Waals surface area contributed by atoms with Crippen molar-refractivity contribution in [3.8, 4) is 0 Å². The van der Waals surface area contributed by atoms with Gasteiger partial charge in [-0.2, -0.15) is 0 Å². The van der Waals surface area contributed by atoms with Gasteiger partial charge in [-0.25, -0.2) is 4.79 Å². The SMILES string of the molecule is CC(C)CC(NC(=O)OCc1ccccc1)C(O)C[C]=O. The van der Waals surface area contributed by atoms with Gasteiger partial charge in [0.15, 0.2) is 0 Å². The maximum Gasteiger partial charge on any atom is 0.407 e. The summed E-state index contributed by atoms with van der Waals surface area (Å²) in [6, 6.07) is 8.80. The first-order chi connectivity index (χ1) is 10.0. The zero-order chi connectivity index (χ0) is 15.7. The minimum atomic E-state index is -0.950. The van der Waals surface area contributed by atoms with Crippen molar-refractivity contribution in [2.75, 3.05) is 0 Å². The number of ether oxygens (including phenoxy) is 1. The van der Waals surface area contributed by atoms with Gasteiger partial charge in [-0.3, -0.25) is 4.79 Å². The van der Waals surface area contributed by atoms with Gasteiger partial charge >= 0.3 is 6.09 Å². The molecule has 0 aliphatic carbocycles. The highest BCUT2D eigenvalue weighted by Crippen LogP contribution is 2.11. The van der Waals surface area contributed by atoms with Crippen LogP contribution in [-0.4, -0.2) is 29.6 Å². The average Bonchev–Trinajstić information content (AvgIpc) is 2.45. The molecule has 1 aromatic rings. The largest absolute Gasteiger partial charge is 0.445 e. The Balaban J connectivity index is 2.49. The first-order valence-corrected chi connectivity index (χ1v) is 7.03. The summed E-state index contributed by atoms with van der Waals surface area (Å²) in [6.07, 6.45) is 0.538. The maximum atomic E-state index is 11.8. The molecule has 1 aromatic carbocycles. The van der Waals surface area contributed by atoms with E-state index in [1.165, 1.54) is 0 Å². The molecule has 0 saturated carbocycles. The smallest absolute Gasteiger partial charge is 0.407 e. The topological polar surface area (TPSA) is 75.6 Å². The summed E-state index contributed by atoms with van der Waals surface area (Å²) in [5, 5.41) is 12.5. The van der Waals surface area contributed by atoms with Crippen molar-refractivity contribution >= 4 is 12.4 Å². The minimum Gasteiger partial charge on any atom is -0.445 e. The van der Waals surface area contributed by atoms with E-state index in [1.807, 2.05) is 44.2 Å². The summed E-state index contributed by atoms with van der Waals surface area (Å²) < 4.78 is 5.11. The Labute approximate surface area is 125 Å². The molecule has 1 radical (unpaired) electrons. The molecule has 0 aliphatic rings. The van der Waals surface area contributed by atoms with E-state index in [1.54, 1.807) is 6.29 Å². The zero-order valence-electron chi connectivity index (χ0n) is 12.4. The van der Waals surface area contributed by atoms with Crippen LogP contribution in [0.25, 0.3) is 0 Å². The van der Waals surface area contributed by atoms with Crippen molar-refractivity contribution in [2.45, 2.75) is 45.4 Å². The van der Waals surface area contributed by atoms with Crippen LogP contribution in [0.2, 0.25) is 0 Å². The van der Waals surface area contributed by atoms with Gasteiger partial charge in [-0.1, -0.05) is 44.2 Å². The van der Waals surface area contributed by atoms with E-state index in [9.17, 15) is 14.7 Å². The lowest BCUT2D eigenvalue weighted by Crippen LogP contribution is -2.44. The van der Waals surface area contributed by atoms with E-state index in [0.29, 0.717) is 6.42 Å². The molecule has 0 aromatic heterocycles. The molecule has 2 N–H and O–H groups in total. The number of alkyl carbamates (subject to hydrolysis) is 1. The summed E-state index contributed by atoms with van der Waals surface area (Å²) in [5.41, 5.74) is 0.884. The summed E-state index contributed by atoms with van der Waals surface area (Å²) >= 11 is 0. The molecule has 0 aliphatic heterocycles. The van der Waals surface area contributed by atoms with Gasteiger partial charge in [0.05, 0.1) is 12.1 Å². The van der Waals surface area contributed by atoms with Crippen LogP contribution in [0.5, 0.6) is 0 Å². The third-order valence-electron chi connectivity index (χ3n) is 3.00. The molecule has 2 atom stereocenters. The fourth-order valence-electron chi connectivity index (χ4n) is 1.96. The van der Waals surface area contributed by atoms with Gasteiger partial charge < -0.3 is 15.2 Å². The van der Waals surface area contributed by atoms with Gasteiger partial charge in [0.1, 0.15) is 6.61 Å². The number of aliphatic hydroxyl groups excluding tert-OH is 1. The van der Waals surface area contributed by atoms with Gasteiger partial charge in [0.25, 0.3) is 0 Å². The number of aliphatic hydroxyl groups is 1. The third kappa shape index (κ3) is 6.90. The molecule has 5 heteroatoms. The number of amides is 1. The fourth-order valence-corrected chi connectivity index (χ4v) is 1.96. The lowest BCUT2D eigenvalue weighted by Gasteiger charge is -2.24. The predicted molar refractivity (Wildman–Crippen MR) is 79.3 cm³/mol. The highest BCUT2D eigenvalue weighted by molar-refractivity contribution is 5.67. The van der Waals surface area contributed by atoms with Gasteiger partial charge in [0.2, 0.25) is 6.29 Å². The van der Waals surface area contributed by atoms with Crippen molar-refractivity contribution in [1.29, 1.82) is 0 Å². The van der Waals surface area contributed by atoms with E-state index < -0.39 is 18.2 Å². The molecule has 0 bridgehead atoms. The fraction of sp³-hybridized carbons (Fsp3) is 0.500. The number of benzene rings is 1. The van der Waals surface area contributed by atoms with E-state index >= 15 is 0 Å². The summed E-state index contributed by atoms with van der Waals surface area (Å²) in [6.45, 7) is 4.11. The Morgan fingerprint density at radius 1 is 1.33 bits per heavy atom. The van der Waals surface area contributed by atoms with E-state index in [4.69, 9.17) is 4.74 Å². The molecule has 21 heavy (non-hydrogen) atoms. The number of hydrogen-bond acceptors (Lipinski definition) is 4. The van der Waals surface area contributed by atoms with Crippen molar-refractivity contribution in [1.82, 2.24) is 5.32 Å². The molecule has 1 rings (SSSR count). The predicted octanol–water partition coefficient (Wildman–Crippen LogP) is 2.19. The standard InChI is InChI=1S/C16H22NO4/c1-12(2)10-14(15(19)8-9-18)17-16(20)21-11-13-6-4-3-5-7-13/h3-7,12,14-15,19H,8,10-11H2,1-2H3,(H,17,20). The van der Waals surface area contributed by atoms with E-state index in [2.05, 4.69) is 5.32 Å². The molecule has 0 fully saturated rings. The van der Waals surface area contributed by atoms with Crippen LogP contribution >= 0.6 is 0 Å². The Morgan fingerprint density at radius 2 is 2.00 bits per heavy atom. The van der Waals surface area contributed by atoms with Gasteiger partial charge in [0, 0.05) is 6.42 Å². The molecule has 0 heterocycles. The molecular formula is C16H22NO4. The number of rotatable bonds is 8. The Bertz CT molecular complexity index is 433. The second-order valence-corrected chi connectivity index (χ2v) is 5.36. The molecule has 115 valence electrons. The second kappa shape index (κ2) is 9.13. The minimum absolute atomic E-state index is 0.129. The Kier molecular flexibility index (Phi) is 7.46. The van der Waals surface area contributed by atoms with E-state index in [0.717, 1.165) is 5.56 Å². The highest BCUT2D eigenvalue weighted by atomic mass is 16.5. The van der Waals surface area contributed by atoms with Crippen LogP contribution < -0.4 is 5.32 Å². The first kappa shape index (κ1) is 17.2. The molecule has 5 nitrogen and oxygen atoms in total. The van der Waals surface area contributed by atoms with E-state index in [-0.39, 0.29) is 18.9 Å². The normalized spacial score (nSPS) is 13.5. The van der Waals surface area contributed by atoms with Crippen molar-refractivity contribution in [2.24, 2.45) is 5.92 Å². The molecule has 0 spiro atoms. The highest BCUT2D eigenvalue weighted by Gasteiger charge is 2.22. The number of carbonyl (C=O) groups excluding carboxylic acids is 2. The first-order valence-electron chi connectivity index (χ1n) is 7.03. The van der Waals surface area contributed by atoms with Gasteiger partial charge in [-0.05, 0) is 17.9 Å². The van der Waals surface area contributed by atoms with Crippen LogP contribution in [-0.2, 0) is 16.1 Å². The monoisotopic (exact) mass is 292 g/mol. The number of nitrogens with one attached hydrogen (secondary N) is 1. The van der Waals surface area contributed by atoms with Crippen molar-refractivity contribution < 1.29 is 19.4 Å². The lowest BCUT2D eigenvalue weighted by atomic mass is 9.98. The van der Waals surface area contributed by atoms with Crippen LogP contribution in [0.15, 0.2) is 30.3 Å². The number of hydrogen-bond donors (Lipinski definition) is 2. The van der Waals surface area contributed by atoms with Crippen LogP contribution in [0.3, 0.4) is 0 Å². The Morgan fingerprint density at radius 3 is 2.57 bits per heavy atom. The van der Waals surface area contributed by atoms with Crippen LogP contribution in [0, 0.1) is 5.92 Å². The van der Waals surface area contributed by atoms with Crippen LogP contribution in [0.1, 0.15) is 32.3 Å². The quantitative estimate of drug-likeness (QED) is 0.770. The summed E-state index contributed by atoms with van der Waals surface area (Å²) in [5.74, 6) is 0.269. The Hall–Kier alpha value is -1.88. The van der Waals surface area contributed by atoms with Crippen LogP contribution in [0.4, 0.5) is 4.79 Å².